The Kier molecular flexibility index (Phi) is 5.63. The Balaban J connectivity index is 2.06. The molecule has 1 atom stereocenters. The molecule has 3 N–H and O–H groups in total. The van der Waals surface area contributed by atoms with Crippen LogP contribution < -0.4 is 15.4 Å². The van der Waals surface area contributed by atoms with Gasteiger partial charge >= 0.3 is 6.03 Å². The number of hydrogen-bond acceptors (Lipinski definition) is 3. The Morgan fingerprint density at radius 3 is 2.64 bits per heavy atom. The van der Waals surface area contributed by atoms with Crippen LogP contribution in [0, 0.1) is 0 Å². The predicted molar refractivity (Wildman–Crippen MR) is 86.4 cm³/mol. The summed E-state index contributed by atoms with van der Waals surface area (Å²) in [7, 11) is 1.53. The normalized spacial score (nSPS) is 11.6. The SMILES string of the molecule is COc1ccc(Cl)c(NC(=O)N[C@H](CO)c2ccccc2)c1. The molecule has 6 heteroatoms. The lowest BCUT2D eigenvalue weighted by Crippen LogP contribution is -2.34. The molecule has 2 aromatic rings. The largest absolute Gasteiger partial charge is 0.497 e. The molecular weight excluding hydrogens is 304 g/mol. The molecule has 0 heterocycles. The number of halogens is 1. The molecule has 0 aliphatic rings. The molecule has 0 saturated heterocycles. The highest BCUT2D eigenvalue weighted by Gasteiger charge is 2.14. The summed E-state index contributed by atoms with van der Waals surface area (Å²) in [6, 6.07) is 13.2. The number of aliphatic hydroxyl groups is 1. The van der Waals surface area contributed by atoms with Crippen LogP contribution >= 0.6 is 11.6 Å². The van der Waals surface area contributed by atoms with Crippen LogP contribution in [0.1, 0.15) is 11.6 Å². The van der Waals surface area contributed by atoms with Crippen LogP contribution in [0.2, 0.25) is 5.02 Å². The van der Waals surface area contributed by atoms with Crippen molar-refractivity contribution >= 4 is 23.3 Å². The van der Waals surface area contributed by atoms with Gasteiger partial charge in [0, 0.05) is 6.07 Å². The third kappa shape index (κ3) is 4.13. The smallest absolute Gasteiger partial charge is 0.319 e. The number of hydrogen-bond donors (Lipinski definition) is 3. The highest BCUT2D eigenvalue weighted by molar-refractivity contribution is 6.33. The Labute approximate surface area is 133 Å². The summed E-state index contributed by atoms with van der Waals surface area (Å²) in [6.45, 7) is -0.205. The van der Waals surface area contributed by atoms with Crippen LogP contribution in [-0.2, 0) is 0 Å². The number of carbonyl (C=O) groups excluding carboxylic acids is 1. The van der Waals surface area contributed by atoms with E-state index in [4.69, 9.17) is 16.3 Å². The number of ether oxygens (including phenoxy) is 1. The van der Waals surface area contributed by atoms with Crippen molar-refractivity contribution in [1.29, 1.82) is 0 Å². The molecule has 0 aliphatic heterocycles. The van der Waals surface area contributed by atoms with Crippen molar-refractivity contribution in [3.63, 3.8) is 0 Å². The molecule has 0 spiro atoms. The lowest BCUT2D eigenvalue weighted by atomic mass is 10.1. The van der Waals surface area contributed by atoms with Crippen LogP contribution in [0.3, 0.4) is 0 Å². The summed E-state index contributed by atoms with van der Waals surface area (Å²) in [5.41, 5.74) is 1.25. The topological polar surface area (TPSA) is 70.6 Å². The minimum Gasteiger partial charge on any atom is -0.497 e. The number of benzene rings is 2. The number of carbonyl (C=O) groups is 1. The fourth-order valence-corrected chi connectivity index (χ4v) is 2.13. The molecule has 0 saturated carbocycles. The minimum atomic E-state index is -0.495. The molecule has 0 unspecified atom stereocenters. The Morgan fingerprint density at radius 2 is 2.00 bits per heavy atom. The van der Waals surface area contributed by atoms with Crippen molar-refractivity contribution in [3.05, 3.63) is 59.1 Å². The Hall–Kier alpha value is -2.24. The van der Waals surface area contributed by atoms with Crippen LogP contribution in [0.5, 0.6) is 5.75 Å². The van der Waals surface area contributed by atoms with E-state index in [9.17, 15) is 9.90 Å². The third-order valence-corrected chi connectivity index (χ3v) is 3.44. The van der Waals surface area contributed by atoms with Gasteiger partial charge in [0.15, 0.2) is 0 Å². The van der Waals surface area contributed by atoms with E-state index in [1.807, 2.05) is 30.3 Å². The first kappa shape index (κ1) is 16.1. The molecular formula is C16H17ClN2O3. The second-order valence-corrected chi connectivity index (χ2v) is 5.00. The van der Waals surface area contributed by atoms with E-state index >= 15 is 0 Å². The van der Waals surface area contributed by atoms with Crippen LogP contribution in [0.15, 0.2) is 48.5 Å². The number of anilines is 1. The van der Waals surface area contributed by atoms with Gasteiger partial charge in [-0.3, -0.25) is 0 Å². The second-order valence-electron chi connectivity index (χ2n) is 4.59. The van der Waals surface area contributed by atoms with E-state index in [0.29, 0.717) is 16.5 Å². The van der Waals surface area contributed by atoms with Gasteiger partial charge in [0.1, 0.15) is 5.75 Å². The van der Waals surface area contributed by atoms with Crippen LogP contribution in [0.4, 0.5) is 10.5 Å². The van der Waals surface area contributed by atoms with Crippen molar-refractivity contribution in [3.8, 4) is 5.75 Å². The summed E-state index contributed by atoms with van der Waals surface area (Å²) in [5.74, 6) is 0.585. The van der Waals surface area contributed by atoms with E-state index in [0.717, 1.165) is 5.56 Å². The number of aliphatic hydroxyl groups excluding tert-OH is 1. The molecule has 22 heavy (non-hydrogen) atoms. The zero-order valence-corrected chi connectivity index (χ0v) is 12.8. The molecule has 2 aromatic carbocycles. The maximum Gasteiger partial charge on any atom is 0.319 e. The Morgan fingerprint density at radius 1 is 1.27 bits per heavy atom. The van der Waals surface area contributed by atoms with Gasteiger partial charge in [0.05, 0.1) is 30.5 Å². The van der Waals surface area contributed by atoms with Crippen molar-refractivity contribution < 1.29 is 14.6 Å². The summed E-state index contributed by atoms with van der Waals surface area (Å²) in [5, 5.41) is 15.2. The lowest BCUT2D eigenvalue weighted by Gasteiger charge is -2.17. The van der Waals surface area contributed by atoms with Crippen LogP contribution in [-0.4, -0.2) is 24.9 Å². The number of urea groups is 1. The van der Waals surface area contributed by atoms with Gasteiger partial charge in [0.25, 0.3) is 0 Å². The number of rotatable bonds is 5. The first-order chi connectivity index (χ1) is 10.6. The van der Waals surface area contributed by atoms with Crippen molar-refractivity contribution in [2.24, 2.45) is 0 Å². The zero-order valence-electron chi connectivity index (χ0n) is 12.0. The van der Waals surface area contributed by atoms with E-state index in [2.05, 4.69) is 10.6 Å². The molecule has 0 bridgehead atoms. The Bertz CT molecular complexity index is 635. The average molecular weight is 321 g/mol. The summed E-state index contributed by atoms with van der Waals surface area (Å²) >= 11 is 6.04. The second kappa shape index (κ2) is 7.68. The molecule has 0 aromatic heterocycles. The van der Waals surface area contributed by atoms with Crippen molar-refractivity contribution in [2.75, 3.05) is 19.0 Å². The van der Waals surface area contributed by atoms with E-state index in [1.165, 1.54) is 7.11 Å². The maximum absolute atomic E-state index is 12.1. The monoisotopic (exact) mass is 320 g/mol. The van der Waals surface area contributed by atoms with Gasteiger partial charge in [-0.15, -0.1) is 0 Å². The summed E-state index contributed by atoms with van der Waals surface area (Å²) in [6.07, 6.45) is 0. The number of methoxy groups -OCH3 is 1. The quantitative estimate of drug-likeness (QED) is 0.792. The highest BCUT2D eigenvalue weighted by Crippen LogP contribution is 2.26. The molecule has 5 nitrogen and oxygen atoms in total. The lowest BCUT2D eigenvalue weighted by molar-refractivity contribution is 0.225. The standard InChI is InChI=1S/C16H17ClN2O3/c1-22-12-7-8-13(17)14(9-12)18-16(21)19-15(10-20)11-5-3-2-4-6-11/h2-9,15,20H,10H2,1H3,(H2,18,19,21)/t15-/m1/s1. The van der Waals surface area contributed by atoms with E-state index in [1.54, 1.807) is 18.2 Å². The fraction of sp³-hybridized carbons (Fsp3) is 0.188. The maximum atomic E-state index is 12.1. The van der Waals surface area contributed by atoms with Gasteiger partial charge in [-0.2, -0.15) is 0 Å². The minimum absolute atomic E-state index is 0.205. The number of amides is 2. The van der Waals surface area contributed by atoms with Gasteiger partial charge in [-0.1, -0.05) is 41.9 Å². The molecule has 0 fully saturated rings. The van der Waals surface area contributed by atoms with Crippen molar-refractivity contribution in [1.82, 2.24) is 5.32 Å². The number of nitrogens with one attached hydrogen (secondary N) is 2. The molecule has 116 valence electrons. The van der Waals surface area contributed by atoms with Crippen molar-refractivity contribution in [2.45, 2.75) is 6.04 Å². The third-order valence-electron chi connectivity index (χ3n) is 3.11. The molecule has 0 aliphatic carbocycles. The first-order valence-electron chi connectivity index (χ1n) is 6.71. The molecule has 2 rings (SSSR count). The average Bonchev–Trinajstić information content (AvgIpc) is 2.55. The fourth-order valence-electron chi connectivity index (χ4n) is 1.96. The summed E-state index contributed by atoms with van der Waals surface area (Å²) < 4.78 is 5.09. The molecule has 0 radical (unpaired) electrons. The van der Waals surface area contributed by atoms with Gasteiger partial charge in [-0.05, 0) is 17.7 Å². The molecule has 2 amide bonds. The van der Waals surface area contributed by atoms with E-state index in [-0.39, 0.29) is 6.61 Å². The van der Waals surface area contributed by atoms with Crippen LogP contribution in [0.25, 0.3) is 0 Å². The van der Waals surface area contributed by atoms with Gasteiger partial charge < -0.3 is 20.5 Å². The van der Waals surface area contributed by atoms with E-state index < -0.39 is 12.1 Å². The summed E-state index contributed by atoms with van der Waals surface area (Å²) in [4.78, 5) is 12.1. The highest BCUT2D eigenvalue weighted by atomic mass is 35.5. The first-order valence-corrected chi connectivity index (χ1v) is 7.08. The van der Waals surface area contributed by atoms with Gasteiger partial charge in [-0.25, -0.2) is 4.79 Å². The zero-order chi connectivity index (χ0) is 15.9. The predicted octanol–water partition coefficient (Wildman–Crippen LogP) is 3.20. The van der Waals surface area contributed by atoms with Gasteiger partial charge in [0.2, 0.25) is 0 Å².